The summed E-state index contributed by atoms with van der Waals surface area (Å²) in [4.78, 5) is 23.7. The Bertz CT molecular complexity index is 71.8. The van der Waals surface area contributed by atoms with Crippen LogP contribution in [0.25, 0.3) is 0 Å². The second-order valence-electron chi connectivity index (χ2n) is 0.982. The molecule has 0 bridgehead atoms. The molecule has 0 amide bonds. The smallest absolute Gasteiger partial charge is 0.187 e. The molecule has 1 saturated heterocycles. The summed E-state index contributed by atoms with van der Waals surface area (Å²) in [5.74, 6) is 0. The predicted molar refractivity (Wildman–Crippen MR) is 25.7 cm³/mol. The van der Waals surface area contributed by atoms with Crippen LogP contribution in [0.15, 0.2) is 0 Å². The summed E-state index contributed by atoms with van der Waals surface area (Å²) in [5, 5.41) is 0. The third-order valence-electron chi connectivity index (χ3n) is 0.275. The van der Waals surface area contributed by atoms with E-state index in [2.05, 4.69) is 9.35 Å². The van der Waals surface area contributed by atoms with Gasteiger partial charge in [0, 0.05) is 0 Å². The Morgan fingerprint density at radius 3 is 1.14 bits per heavy atom. The second kappa shape index (κ2) is 1.38. The molecule has 0 aromatic rings. The largest absolute Gasteiger partial charge is 0.187 e. The number of rotatable bonds is 0. The van der Waals surface area contributed by atoms with E-state index in [0.29, 0.717) is 0 Å². The fraction of sp³-hybridized carbons (Fsp3) is 0. The van der Waals surface area contributed by atoms with Crippen LogP contribution in [-0.2, 0) is 9.35 Å². The first-order chi connectivity index (χ1) is 2.47. The maximum atomic E-state index is 7.89. The maximum Gasteiger partial charge on any atom is 0.187 e. The molecule has 0 atom stereocenters. The van der Waals surface area contributed by atoms with Crippen LogP contribution in [0.1, 0.15) is 0 Å². The predicted octanol–water partition coefficient (Wildman–Crippen LogP) is -2.13. The van der Waals surface area contributed by atoms with E-state index < -0.39 is 7.74 Å². The van der Waals surface area contributed by atoms with Crippen molar-refractivity contribution in [2.75, 3.05) is 0 Å². The maximum absolute atomic E-state index is 7.89. The third kappa shape index (κ3) is 2.55. The molecule has 0 saturated carbocycles. The van der Waals surface area contributed by atoms with Crippen molar-refractivity contribution in [2.45, 2.75) is 0 Å². The SMILES string of the molecule is OP1(O)(O)OO1.[AlH3]. The van der Waals surface area contributed by atoms with E-state index in [4.69, 9.17) is 14.7 Å². The van der Waals surface area contributed by atoms with Crippen molar-refractivity contribution >= 4 is 25.1 Å². The van der Waals surface area contributed by atoms with Gasteiger partial charge in [-0.15, -0.1) is 0 Å². The molecular formula is H6AlO5P. The van der Waals surface area contributed by atoms with Crippen molar-refractivity contribution < 1.29 is 24.0 Å². The molecule has 5 nitrogen and oxygen atoms in total. The van der Waals surface area contributed by atoms with Gasteiger partial charge in [0.15, 0.2) is 17.4 Å². The molecule has 0 radical (unpaired) electrons. The van der Waals surface area contributed by atoms with E-state index in [1.165, 1.54) is 0 Å². The molecule has 1 fully saturated rings. The average molecular weight is 144 g/mol. The van der Waals surface area contributed by atoms with Gasteiger partial charge < -0.3 is 0 Å². The third-order valence-corrected chi connectivity index (χ3v) is 0.824. The van der Waals surface area contributed by atoms with Crippen LogP contribution < -0.4 is 0 Å². The van der Waals surface area contributed by atoms with E-state index in [-0.39, 0.29) is 17.4 Å². The molecule has 1 heterocycles. The first-order valence-electron chi connectivity index (χ1n) is 1.13. The molecule has 0 spiro atoms. The zero-order chi connectivity index (χ0) is 4.86. The Morgan fingerprint density at radius 2 is 1.14 bits per heavy atom. The van der Waals surface area contributed by atoms with Crippen molar-refractivity contribution in [2.24, 2.45) is 0 Å². The molecule has 1 rings (SSSR count). The number of hydrogen-bond donors (Lipinski definition) is 3. The van der Waals surface area contributed by atoms with E-state index in [1.54, 1.807) is 0 Å². The zero-order valence-corrected chi connectivity index (χ0v) is 3.50. The molecule has 0 aliphatic carbocycles. The van der Waals surface area contributed by atoms with Crippen molar-refractivity contribution in [1.82, 2.24) is 0 Å². The van der Waals surface area contributed by atoms with Crippen LogP contribution in [0, 0.1) is 0 Å². The molecular weight excluding hydrogens is 138 g/mol. The monoisotopic (exact) mass is 144 g/mol. The Balaban J connectivity index is 0.000000360. The van der Waals surface area contributed by atoms with Gasteiger partial charge in [-0.25, -0.2) is 0 Å². The summed E-state index contributed by atoms with van der Waals surface area (Å²) in [6.07, 6.45) is 0. The van der Waals surface area contributed by atoms with Gasteiger partial charge >= 0.3 is 31.8 Å². The van der Waals surface area contributed by atoms with Gasteiger partial charge in [0.05, 0.1) is 0 Å². The molecule has 7 heavy (non-hydrogen) atoms. The fourth-order valence-corrected chi connectivity index (χ4v) is 0.402. The van der Waals surface area contributed by atoms with Crippen LogP contribution in [0.3, 0.4) is 0 Å². The van der Waals surface area contributed by atoms with Crippen molar-refractivity contribution in [1.29, 1.82) is 0 Å². The van der Waals surface area contributed by atoms with Crippen LogP contribution in [0.2, 0.25) is 0 Å². The topological polar surface area (TPSA) is 85.8 Å². The molecule has 7 heteroatoms. The molecule has 3 N–H and O–H groups in total. The standard InChI is InChI=1S/Al.H3O5P.3H/c;1-6(2,3)4-5-6;;;/h;1-3H;;;. The van der Waals surface area contributed by atoms with Gasteiger partial charge in [-0.05, 0) is 0 Å². The van der Waals surface area contributed by atoms with Gasteiger partial charge in [-0.1, -0.05) is 0 Å². The summed E-state index contributed by atoms with van der Waals surface area (Å²) < 4.78 is 6.76. The van der Waals surface area contributed by atoms with Crippen molar-refractivity contribution in [3.8, 4) is 0 Å². The minimum atomic E-state index is -4.80. The minimum Gasteiger partial charge on any atom is 0.187 e. The first kappa shape index (κ1) is 7.76. The van der Waals surface area contributed by atoms with Gasteiger partial charge in [0.25, 0.3) is 0 Å². The van der Waals surface area contributed by atoms with Crippen LogP contribution in [0.5, 0.6) is 0 Å². The van der Waals surface area contributed by atoms with E-state index in [9.17, 15) is 0 Å². The number of hydrogen-bond acceptors (Lipinski definition) is 5. The summed E-state index contributed by atoms with van der Waals surface area (Å²) >= 11 is 0. The van der Waals surface area contributed by atoms with E-state index >= 15 is 0 Å². The van der Waals surface area contributed by atoms with Crippen LogP contribution in [0.4, 0.5) is 0 Å². The van der Waals surface area contributed by atoms with Gasteiger partial charge in [0.2, 0.25) is 0 Å². The van der Waals surface area contributed by atoms with Crippen LogP contribution in [-0.4, -0.2) is 32.0 Å². The summed E-state index contributed by atoms with van der Waals surface area (Å²) in [6, 6.07) is 0. The van der Waals surface area contributed by atoms with E-state index in [1.807, 2.05) is 0 Å². The normalized spacial score (nSPS) is 36.7. The molecule has 1 aliphatic heterocycles. The first-order valence-corrected chi connectivity index (χ1v) is 3.06. The fourth-order valence-electron chi connectivity index (χ4n) is 0.0447. The summed E-state index contributed by atoms with van der Waals surface area (Å²) in [7, 11) is -4.80. The quantitative estimate of drug-likeness (QED) is 0.156. The average Bonchev–Trinajstić information content (AvgIpc) is 1.73. The van der Waals surface area contributed by atoms with Gasteiger partial charge in [-0.2, -0.15) is 0 Å². The Hall–Kier alpha value is 0.762. The molecule has 0 aromatic carbocycles. The molecule has 1 aliphatic rings. The minimum absolute atomic E-state index is 0. The second-order valence-corrected chi connectivity index (χ2v) is 2.95. The van der Waals surface area contributed by atoms with Crippen molar-refractivity contribution in [3.63, 3.8) is 0 Å². The molecule has 0 aromatic heterocycles. The van der Waals surface area contributed by atoms with E-state index in [0.717, 1.165) is 0 Å². The Kier molecular flexibility index (Phi) is 1.53. The van der Waals surface area contributed by atoms with Gasteiger partial charge in [-0.3, -0.25) is 0 Å². The summed E-state index contributed by atoms with van der Waals surface area (Å²) in [5.41, 5.74) is 0. The Morgan fingerprint density at radius 1 is 1.00 bits per heavy atom. The Labute approximate surface area is 49.9 Å². The van der Waals surface area contributed by atoms with Crippen molar-refractivity contribution in [3.05, 3.63) is 0 Å². The van der Waals surface area contributed by atoms with Gasteiger partial charge in [0.1, 0.15) is 0 Å². The zero-order valence-electron chi connectivity index (χ0n) is 2.61. The molecule has 0 unspecified atom stereocenters. The van der Waals surface area contributed by atoms with Crippen LogP contribution >= 0.6 is 7.74 Å². The summed E-state index contributed by atoms with van der Waals surface area (Å²) in [6.45, 7) is 0. The molecule has 44 valence electrons.